The lowest BCUT2D eigenvalue weighted by Gasteiger charge is -2.21. The Balaban J connectivity index is 1.42. The number of anilines is 2. The van der Waals surface area contributed by atoms with Crippen LogP contribution >= 0.6 is 0 Å². The van der Waals surface area contributed by atoms with Crippen molar-refractivity contribution < 1.29 is 0 Å². The SMILES string of the molecule is Cc1cnc(Nc2ccc3ncn(C)c3c2)nc1-c1cnn([C@H](CC#N)C2CCCC2)c1. The quantitative estimate of drug-likeness (QED) is 0.470. The van der Waals surface area contributed by atoms with Crippen LogP contribution in [0.1, 0.15) is 43.7 Å². The van der Waals surface area contributed by atoms with Crippen molar-refractivity contribution in [3.05, 3.63) is 48.7 Å². The summed E-state index contributed by atoms with van der Waals surface area (Å²) in [6.45, 7) is 2.00. The van der Waals surface area contributed by atoms with Gasteiger partial charge in [0.1, 0.15) is 0 Å². The van der Waals surface area contributed by atoms with E-state index in [-0.39, 0.29) is 6.04 Å². The third-order valence-electron chi connectivity index (χ3n) is 6.41. The van der Waals surface area contributed by atoms with Gasteiger partial charge in [-0.2, -0.15) is 10.4 Å². The topological polar surface area (TPSA) is 97.2 Å². The number of fused-ring (bicyclic) bond motifs is 1. The van der Waals surface area contributed by atoms with Gasteiger partial charge < -0.3 is 9.88 Å². The van der Waals surface area contributed by atoms with Crippen LogP contribution in [0.3, 0.4) is 0 Å². The summed E-state index contributed by atoms with van der Waals surface area (Å²) >= 11 is 0. The van der Waals surface area contributed by atoms with Gasteiger partial charge in [0.2, 0.25) is 5.95 Å². The first-order valence-corrected chi connectivity index (χ1v) is 11.1. The highest BCUT2D eigenvalue weighted by Crippen LogP contribution is 2.36. The standard InChI is InChI=1S/C24H26N8/c1-16-12-26-24(29-19-7-8-20-22(11-19)31(2)15-27-20)30-23(16)18-13-28-32(14-18)21(9-10-25)17-5-3-4-6-17/h7-8,11-15,17,21H,3-6,9H2,1-2H3,(H,26,29,30)/t21-/m1/s1. The number of nitrogens with zero attached hydrogens (tertiary/aromatic N) is 7. The summed E-state index contributed by atoms with van der Waals surface area (Å²) in [7, 11) is 1.97. The van der Waals surface area contributed by atoms with E-state index in [1.165, 1.54) is 25.7 Å². The van der Waals surface area contributed by atoms with E-state index in [0.717, 1.165) is 33.5 Å². The molecule has 1 N–H and O–H groups in total. The van der Waals surface area contributed by atoms with Gasteiger partial charge in [-0.15, -0.1) is 0 Å². The normalized spacial score (nSPS) is 15.2. The average Bonchev–Trinajstić information content (AvgIpc) is 3.56. The second kappa shape index (κ2) is 8.42. The molecule has 8 heteroatoms. The first-order chi connectivity index (χ1) is 15.6. The van der Waals surface area contributed by atoms with Crippen LogP contribution in [0.25, 0.3) is 22.3 Å². The Hall–Kier alpha value is -3.73. The number of hydrogen-bond acceptors (Lipinski definition) is 6. The van der Waals surface area contributed by atoms with Crippen molar-refractivity contribution in [2.75, 3.05) is 5.32 Å². The Morgan fingerprint density at radius 3 is 2.88 bits per heavy atom. The van der Waals surface area contributed by atoms with Crippen LogP contribution in [-0.4, -0.2) is 29.3 Å². The third kappa shape index (κ3) is 3.82. The van der Waals surface area contributed by atoms with Gasteiger partial charge in [-0.25, -0.2) is 15.0 Å². The van der Waals surface area contributed by atoms with E-state index in [9.17, 15) is 5.26 Å². The summed E-state index contributed by atoms with van der Waals surface area (Å²) < 4.78 is 3.96. The predicted octanol–water partition coefficient (Wildman–Crippen LogP) is 4.92. The molecular weight excluding hydrogens is 400 g/mol. The molecule has 0 saturated heterocycles. The highest BCUT2D eigenvalue weighted by molar-refractivity contribution is 5.80. The van der Waals surface area contributed by atoms with Crippen molar-refractivity contribution in [1.82, 2.24) is 29.3 Å². The Labute approximate surface area is 186 Å². The summed E-state index contributed by atoms with van der Waals surface area (Å²) in [5, 5.41) is 17.3. The van der Waals surface area contributed by atoms with E-state index in [0.29, 0.717) is 18.3 Å². The summed E-state index contributed by atoms with van der Waals surface area (Å²) in [6, 6.07) is 8.48. The maximum Gasteiger partial charge on any atom is 0.227 e. The van der Waals surface area contributed by atoms with E-state index in [4.69, 9.17) is 4.98 Å². The highest BCUT2D eigenvalue weighted by atomic mass is 15.3. The monoisotopic (exact) mass is 426 g/mol. The first-order valence-electron chi connectivity index (χ1n) is 11.1. The maximum absolute atomic E-state index is 9.35. The number of aromatic nitrogens is 6. The molecule has 1 saturated carbocycles. The van der Waals surface area contributed by atoms with Crippen LogP contribution in [0.2, 0.25) is 0 Å². The molecule has 1 aliphatic rings. The van der Waals surface area contributed by atoms with Gasteiger partial charge in [-0.3, -0.25) is 4.68 Å². The summed E-state index contributed by atoms with van der Waals surface area (Å²) in [5.74, 6) is 1.05. The molecule has 0 aliphatic heterocycles. The van der Waals surface area contributed by atoms with Crippen molar-refractivity contribution in [2.24, 2.45) is 13.0 Å². The van der Waals surface area contributed by atoms with Crippen LogP contribution < -0.4 is 5.32 Å². The maximum atomic E-state index is 9.35. The van der Waals surface area contributed by atoms with Crippen LogP contribution in [0.5, 0.6) is 0 Å². The zero-order valence-electron chi connectivity index (χ0n) is 18.4. The second-order valence-electron chi connectivity index (χ2n) is 8.59. The lowest BCUT2D eigenvalue weighted by molar-refractivity contribution is 0.315. The van der Waals surface area contributed by atoms with E-state index < -0.39 is 0 Å². The van der Waals surface area contributed by atoms with Crippen molar-refractivity contribution in [3.63, 3.8) is 0 Å². The van der Waals surface area contributed by atoms with Crippen LogP contribution in [-0.2, 0) is 7.05 Å². The molecule has 1 aromatic carbocycles. The molecule has 3 aromatic heterocycles. The zero-order valence-corrected chi connectivity index (χ0v) is 18.4. The fraction of sp³-hybridized carbons (Fsp3) is 0.375. The largest absolute Gasteiger partial charge is 0.334 e. The fourth-order valence-corrected chi connectivity index (χ4v) is 4.68. The summed E-state index contributed by atoms with van der Waals surface area (Å²) in [5.41, 5.74) is 5.66. The first kappa shape index (κ1) is 20.2. The Morgan fingerprint density at radius 2 is 2.06 bits per heavy atom. The number of aryl methyl sites for hydroxylation is 2. The average molecular weight is 427 g/mol. The third-order valence-corrected chi connectivity index (χ3v) is 6.41. The molecule has 0 unspecified atom stereocenters. The minimum absolute atomic E-state index is 0.126. The molecule has 0 amide bonds. The van der Waals surface area contributed by atoms with Gasteiger partial charge >= 0.3 is 0 Å². The number of hydrogen-bond donors (Lipinski definition) is 1. The van der Waals surface area contributed by atoms with Gasteiger partial charge in [0.05, 0.1) is 47.8 Å². The molecule has 4 aromatic rings. The van der Waals surface area contributed by atoms with E-state index >= 15 is 0 Å². The molecule has 1 fully saturated rings. The molecule has 162 valence electrons. The highest BCUT2D eigenvalue weighted by Gasteiger charge is 2.27. The van der Waals surface area contributed by atoms with Gasteiger partial charge in [0, 0.05) is 30.7 Å². The summed E-state index contributed by atoms with van der Waals surface area (Å²) in [6.07, 6.45) is 12.8. The number of rotatable bonds is 6. The number of benzene rings is 1. The van der Waals surface area contributed by atoms with Gasteiger partial charge in [0.15, 0.2) is 0 Å². The van der Waals surface area contributed by atoms with Crippen LogP contribution in [0.4, 0.5) is 11.6 Å². The predicted molar refractivity (Wildman–Crippen MR) is 123 cm³/mol. The molecule has 8 nitrogen and oxygen atoms in total. The van der Waals surface area contributed by atoms with Gasteiger partial charge in [0.25, 0.3) is 0 Å². The van der Waals surface area contributed by atoms with Gasteiger partial charge in [-0.05, 0) is 49.4 Å². The van der Waals surface area contributed by atoms with E-state index in [1.54, 1.807) is 6.33 Å². The Kier molecular flexibility index (Phi) is 5.31. The summed E-state index contributed by atoms with van der Waals surface area (Å²) in [4.78, 5) is 13.6. The lowest BCUT2D eigenvalue weighted by atomic mass is 9.96. The van der Waals surface area contributed by atoms with Crippen molar-refractivity contribution >= 4 is 22.7 Å². The molecule has 0 bridgehead atoms. The minimum Gasteiger partial charge on any atom is -0.334 e. The zero-order chi connectivity index (χ0) is 22.1. The minimum atomic E-state index is 0.126. The van der Waals surface area contributed by atoms with Gasteiger partial charge in [-0.1, -0.05) is 12.8 Å². The van der Waals surface area contributed by atoms with Crippen LogP contribution in [0, 0.1) is 24.2 Å². The molecule has 0 spiro atoms. The molecule has 0 radical (unpaired) electrons. The smallest absolute Gasteiger partial charge is 0.227 e. The molecule has 5 rings (SSSR count). The van der Waals surface area contributed by atoms with Crippen LogP contribution in [0.15, 0.2) is 43.1 Å². The van der Waals surface area contributed by atoms with Crippen molar-refractivity contribution in [3.8, 4) is 17.3 Å². The number of nitriles is 1. The van der Waals surface area contributed by atoms with Crippen molar-refractivity contribution in [2.45, 2.75) is 45.1 Å². The molecule has 1 atom stereocenters. The second-order valence-corrected chi connectivity index (χ2v) is 8.59. The number of nitrogens with one attached hydrogen (secondary N) is 1. The lowest BCUT2D eigenvalue weighted by Crippen LogP contribution is -2.17. The molecule has 32 heavy (non-hydrogen) atoms. The Morgan fingerprint density at radius 1 is 1.22 bits per heavy atom. The molecule has 3 heterocycles. The molecule has 1 aliphatic carbocycles. The molecular formula is C24H26N8. The van der Waals surface area contributed by atoms with Crippen molar-refractivity contribution in [1.29, 1.82) is 5.26 Å². The number of imidazole rings is 1. The fourth-order valence-electron chi connectivity index (χ4n) is 4.68. The Bertz CT molecular complexity index is 1290. The van der Waals surface area contributed by atoms with E-state index in [2.05, 4.69) is 26.5 Å². The van der Waals surface area contributed by atoms with E-state index in [1.807, 2.05) is 60.0 Å².